The van der Waals surface area contributed by atoms with Gasteiger partial charge in [-0.3, -0.25) is 0 Å². The van der Waals surface area contributed by atoms with E-state index in [2.05, 4.69) is 0 Å². The summed E-state index contributed by atoms with van der Waals surface area (Å²) in [5.41, 5.74) is -1.70. The maximum atomic E-state index is 12.1. The zero-order chi connectivity index (χ0) is 24.9. The van der Waals surface area contributed by atoms with Gasteiger partial charge in [0.15, 0.2) is 0 Å². The van der Waals surface area contributed by atoms with Gasteiger partial charge in [-0.25, -0.2) is 0 Å². The van der Waals surface area contributed by atoms with Gasteiger partial charge in [-0.15, -0.1) is 0 Å². The Balaban J connectivity index is 4.13. The van der Waals surface area contributed by atoms with Crippen LogP contribution in [0.15, 0.2) is 0 Å². The molecule has 0 saturated carbocycles. The number of rotatable bonds is 18. The van der Waals surface area contributed by atoms with E-state index in [1.165, 1.54) is 0 Å². The molecule has 0 aliphatic rings. The zero-order valence-electron chi connectivity index (χ0n) is 18.9. The average Bonchev–Trinajstić information content (AvgIpc) is 2.67. The van der Waals surface area contributed by atoms with Crippen LogP contribution in [-0.2, 0) is 18.9 Å². The zero-order valence-corrected chi connectivity index (χ0v) is 18.9. The van der Waals surface area contributed by atoms with Crippen LogP contribution in [0.4, 0.5) is 26.3 Å². The average molecular weight is 486 g/mol. The van der Waals surface area contributed by atoms with Crippen molar-refractivity contribution in [3.8, 4) is 0 Å². The van der Waals surface area contributed by atoms with E-state index in [-0.39, 0.29) is 58.8 Å². The molecule has 0 heterocycles. The van der Waals surface area contributed by atoms with Crippen LogP contribution >= 0.6 is 0 Å². The molecule has 0 spiro atoms. The van der Waals surface area contributed by atoms with E-state index in [0.717, 1.165) is 0 Å². The van der Waals surface area contributed by atoms with Crippen LogP contribution in [-0.4, -0.2) is 88.6 Å². The molecule has 0 aromatic carbocycles. The van der Waals surface area contributed by atoms with E-state index >= 15 is 0 Å². The molecule has 0 radical (unpaired) electrons. The molecule has 6 nitrogen and oxygen atoms in total. The Labute approximate surface area is 185 Å². The van der Waals surface area contributed by atoms with Gasteiger partial charge in [-0.1, -0.05) is 20.8 Å². The first-order chi connectivity index (χ1) is 14.6. The number of ether oxygens (including phenoxy) is 4. The maximum absolute atomic E-state index is 12.1. The fourth-order valence-corrected chi connectivity index (χ4v) is 2.34. The predicted octanol–water partition coefficient (Wildman–Crippen LogP) is 3.59. The molecule has 194 valence electrons. The number of alkyl halides is 6. The van der Waals surface area contributed by atoms with Crippen LogP contribution in [0.1, 0.15) is 33.6 Å². The quantitative estimate of drug-likeness (QED) is 0.228. The van der Waals surface area contributed by atoms with Crippen molar-refractivity contribution in [3.63, 3.8) is 0 Å². The fraction of sp³-hybridized carbons (Fsp3) is 1.00. The molecule has 0 fully saturated rings. The highest BCUT2D eigenvalue weighted by atomic mass is 19.4. The topological polar surface area (TPSA) is 77.4 Å². The van der Waals surface area contributed by atoms with E-state index in [9.17, 15) is 36.6 Å². The molecule has 2 N–H and O–H groups in total. The lowest BCUT2D eigenvalue weighted by atomic mass is 9.94. The van der Waals surface area contributed by atoms with Crippen molar-refractivity contribution >= 4 is 0 Å². The van der Waals surface area contributed by atoms with Gasteiger partial charge in [-0.05, 0) is 0 Å². The van der Waals surface area contributed by atoms with Crippen molar-refractivity contribution in [2.45, 2.75) is 46.0 Å². The molecule has 0 rings (SSSR count). The summed E-state index contributed by atoms with van der Waals surface area (Å²) in [4.78, 5) is 0. The summed E-state index contributed by atoms with van der Waals surface area (Å²) < 4.78 is 94.0. The third kappa shape index (κ3) is 16.9. The minimum atomic E-state index is -4.30. The number of aliphatic hydroxyl groups excluding tert-OH is 2. The van der Waals surface area contributed by atoms with Gasteiger partial charge in [0.2, 0.25) is 0 Å². The molecular weight excluding hydrogens is 450 g/mol. The summed E-state index contributed by atoms with van der Waals surface area (Å²) in [5.74, 6) is -0.0850. The second kappa shape index (κ2) is 14.6. The van der Waals surface area contributed by atoms with E-state index < -0.39 is 49.2 Å². The highest BCUT2D eigenvalue weighted by molar-refractivity contribution is 4.74. The minimum Gasteiger partial charge on any atom is -0.396 e. The highest BCUT2D eigenvalue weighted by Gasteiger charge is 2.30. The maximum Gasteiger partial charge on any atom is 0.391 e. The summed E-state index contributed by atoms with van der Waals surface area (Å²) in [5, 5.41) is 19.0. The van der Waals surface area contributed by atoms with Gasteiger partial charge >= 0.3 is 12.4 Å². The van der Waals surface area contributed by atoms with Crippen LogP contribution in [0.3, 0.4) is 0 Å². The van der Waals surface area contributed by atoms with Crippen LogP contribution in [0.2, 0.25) is 0 Å². The fourth-order valence-electron chi connectivity index (χ4n) is 2.34. The SMILES string of the molecule is CC(COCC(C)(CO)COCCC(F)(F)F)COCC(C)(CO)COCCC(F)(F)F. The van der Waals surface area contributed by atoms with Crippen molar-refractivity contribution in [2.24, 2.45) is 16.7 Å². The van der Waals surface area contributed by atoms with E-state index in [1.54, 1.807) is 13.8 Å². The number of hydrogen-bond acceptors (Lipinski definition) is 6. The summed E-state index contributed by atoms with van der Waals surface area (Å²) in [6, 6.07) is 0. The molecule has 0 aromatic heterocycles. The van der Waals surface area contributed by atoms with Crippen molar-refractivity contribution < 1.29 is 55.5 Å². The van der Waals surface area contributed by atoms with Crippen molar-refractivity contribution in [2.75, 3.05) is 66.1 Å². The van der Waals surface area contributed by atoms with Crippen molar-refractivity contribution in [1.29, 1.82) is 0 Å². The third-order valence-corrected chi connectivity index (χ3v) is 4.43. The van der Waals surface area contributed by atoms with E-state index in [4.69, 9.17) is 18.9 Å². The molecule has 0 amide bonds. The van der Waals surface area contributed by atoms with Gasteiger partial charge in [0.1, 0.15) is 0 Å². The molecule has 2 atom stereocenters. The highest BCUT2D eigenvalue weighted by Crippen LogP contribution is 2.23. The van der Waals surface area contributed by atoms with Crippen molar-refractivity contribution in [1.82, 2.24) is 0 Å². The number of aliphatic hydroxyl groups is 2. The summed E-state index contributed by atoms with van der Waals surface area (Å²) in [6.07, 6.45) is -10.7. The second-order valence-electron chi connectivity index (χ2n) is 8.91. The Morgan fingerprint density at radius 1 is 0.625 bits per heavy atom. The van der Waals surface area contributed by atoms with Crippen LogP contribution in [0.25, 0.3) is 0 Å². The molecule has 0 aliphatic heterocycles. The normalized spacial score (nSPS) is 17.7. The minimum absolute atomic E-state index is 0.0707. The lowest BCUT2D eigenvalue weighted by Gasteiger charge is -2.29. The summed E-state index contributed by atoms with van der Waals surface area (Å²) in [6.45, 7) is 3.91. The number of hydrogen-bond donors (Lipinski definition) is 2. The lowest BCUT2D eigenvalue weighted by Crippen LogP contribution is -2.35. The van der Waals surface area contributed by atoms with E-state index in [0.29, 0.717) is 0 Å². The first-order valence-electron chi connectivity index (χ1n) is 10.3. The molecule has 2 unspecified atom stereocenters. The van der Waals surface area contributed by atoms with Gasteiger partial charge in [0.05, 0.1) is 78.9 Å². The van der Waals surface area contributed by atoms with E-state index in [1.807, 2.05) is 6.92 Å². The van der Waals surface area contributed by atoms with Gasteiger partial charge in [0, 0.05) is 16.7 Å². The lowest BCUT2D eigenvalue weighted by molar-refractivity contribution is -0.150. The van der Waals surface area contributed by atoms with Gasteiger partial charge in [-0.2, -0.15) is 26.3 Å². The van der Waals surface area contributed by atoms with Crippen LogP contribution in [0.5, 0.6) is 0 Å². The van der Waals surface area contributed by atoms with Crippen molar-refractivity contribution in [3.05, 3.63) is 0 Å². The van der Waals surface area contributed by atoms with Gasteiger partial charge in [0.25, 0.3) is 0 Å². The first kappa shape index (κ1) is 31.3. The smallest absolute Gasteiger partial charge is 0.391 e. The summed E-state index contributed by atoms with van der Waals surface area (Å²) >= 11 is 0. The monoisotopic (exact) mass is 486 g/mol. The predicted molar refractivity (Wildman–Crippen MR) is 104 cm³/mol. The molecule has 32 heavy (non-hydrogen) atoms. The Hall–Kier alpha value is -0.660. The molecule has 0 bridgehead atoms. The van der Waals surface area contributed by atoms with Crippen LogP contribution in [0, 0.1) is 16.7 Å². The molecule has 0 saturated heterocycles. The Kier molecular flexibility index (Phi) is 14.3. The third-order valence-electron chi connectivity index (χ3n) is 4.43. The Morgan fingerprint density at radius 3 is 1.22 bits per heavy atom. The molecule has 12 heteroatoms. The Morgan fingerprint density at radius 2 is 0.938 bits per heavy atom. The second-order valence-corrected chi connectivity index (χ2v) is 8.91. The largest absolute Gasteiger partial charge is 0.396 e. The first-order valence-corrected chi connectivity index (χ1v) is 10.3. The standard InChI is InChI=1S/C20H36F6O6/c1-16(8-31-14-17(2,10-27)12-29-6-4-19(21,22)23)9-32-15-18(3,11-28)13-30-7-5-20(24,25)26/h16,27-28H,4-15H2,1-3H3. The Bertz CT molecular complexity index is 448. The molecule has 0 aromatic rings. The van der Waals surface area contributed by atoms with Gasteiger partial charge < -0.3 is 29.2 Å². The summed E-state index contributed by atoms with van der Waals surface area (Å²) in [7, 11) is 0. The molecule has 0 aliphatic carbocycles. The van der Waals surface area contributed by atoms with Crippen LogP contribution < -0.4 is 0 Å². The number of halogens is 6. The molecular formula is C20H36F6O6.